The Morgan fingerprint density at radius 2 is 1.61 bits per heavy atom. The molecule has 0 radical (unpaired) electrons. The zero-order valence-corrected chi connectivity index (χ0v) is 12.1. The van der Waals surface area contributed by atoms with E-state index in [0.29, 0.717) is 5.92 Å². The van der Waals surface area contributed by atoms with Crippen LogP contribution in [0.5, 0.6) is 0 Å². The first-order chi connectivity index (χ1) is 8.84. The summed E-state index contributed by atoms with van der Waals surface area (Å²) in [6, 6.07) is 10.8. The molecule has 1 heteroatoms. The smallest absolute Gasteiger partial charge is 0.00174 e. The van der Waals surface area contributed by atoms with Gasteiger partial charge in [-0.05, 0) is 24.4 Å². The fourth-order valence-electron chi connectivity index (χ4n) is 2.25. The van der Waals surface area contributed by atoms with Gasteiger partial charge in [-0.15, -0.1) is 0 Å². The van der Waals surface area contributed by atoms with E-state index < -0.39 is 0 Å². The Balaban J connectivity index is 1.98. The van der Waals surface area contributed by atoms with E-state index in [0.717, 1.165) is 6.54 Å². The molecule has 1 nitrogen and oxygen atoms in total. The van der Waals surface area contributed by atoms with Gasteiger partial charge in [0.2, 0.25) is 0 Å². The summed E-state index contributed by atoms with van der Waals surface area (Å²) in [4.78, 5) is 0. The molecule has 1 N–H and O–H groups in total. The Morgan fingerprint density at radius 3 is 2.33 bits per heavy atom. The minimum absolute atomic E-state index is 0.617. The highest BCUT2D eigenvalue weighted by atomic mass is 14.8. The van der Waals surface area contributed by atoms with Crippen molar-refractivity contribution in [3.8, 4) is 0 Å². The molecule has 102 valence electrons. The molecule has 0 heterocycles. The Kier molecular flexibility index (Phi) is 8.58. The number of unbranched alkanes of at least 4 members (excludes halogenated alkanes) is 5. The highest BCUT2D eigenvalue weighted by molar-refractivity contribution is 5.18. The number of rotatable bonds is 10. The van der Waals surface area contributed by atoms with Crippen molar-refractivity contribution in [2.24, 2.45) is 0 Å². The van der Waals surface area contributed by atoms with E-state index in [-0.39, 0.29) is 0 Å². The molecule has 0 unspecified atom stereocenters. The minimum atomic E-state index is 0.617. The molecule has 1 aromatic carbocycles. The van der Waals surface area contributed by atoms with Gasteiger partial charge < -0.3 is 5.32 Å². The number of hydrogen-bond acceptors (Lipinski definition) is 1. The summed E-state index contributed by atoms with van der Waals surface area (Å²) in [6.45, 7) is 6.83. The SMILES string of the molecule is CCCCCCCCNC[C@H](C)c1ccccc1. The van der Waals surface area contributed by atoms with Gasteiger partial charge in [0.15, 0.2) is 0 Å². The van der Waals surface area contributed by atoms with Crippen molar-refractivity contribution in [1.29, 1.82) is 0 Å². The van der Waals surface area contributed by atoms with Crippen LogP contribution in [0.1, 0.15) is 63.9 Å². The Hall–Kier alpha value is -0.820. The molecule has 18 heavy (non-hydrogen) atoms. The van der Waals surface area contributed by atoms with E-state index in [1.54, 1.807) is 0 Å². The second-order valence-electron chi connectivity index (χ2n) is 5.28. The lowest BCUT2D eigenvalue weighted by Crippen LogP contribution is -2.21. The molecule has 0 bridgehead atoms. The summed E-state index contributed by atoms with van der Waals surface area (Å²) in [5.41, 5.74) is 1.44. The van der Waals surface area contributed by atoms with Crippen molar-refractivity contribution >= 4 is 0 Å². The molecule has 0 spiro atoms. The van der Waals surface area contributed by atoms with Gasteiger partial charge in [0.05, 0.1) is 0 Å². The molecule has 0 amide bonds. The maximum atomic E-state index is 3.57. The molecule has 0 fully saturated rings. The molecular formula is C17H29N. The van der Waals surface area contributed by atoms with Gasteiger partial charge in [0.25, 0.3) is 0 Å². The first kappa shape index (κ1) is 15.2. The lowest BCUT2D eigenvalue weighted by atomic mass is 10.0. The highest BCUT2D eigenvalue weighted by Gasteiger charge is 2.03. The molecule has 0 aliphatic rings. The third-order valence-electron chi connectivity index (χ3n) is 3.53. The number of benzene rings is 1. The van der Waals surface area contributed by atoms with Crippen LogP contribution in [0.4, 0.5) is 0 Å². The minimum Gasteiger partial charge on any atom is -0.316 e. The van der Waals surface area contributed by atoms with Gasteiger partial charge in [0, 0.05) is 6.54 Å². The monoisotopic (exact) mass is 247 g/mol. The highest BCUT2D eigenvalue weighted by Crippen LogP contribution is 2.13. The van der Waals surface area contributed by atoms with Crippen LogP contribution in [0.2, 0.25) is 0 Å². The van der Waals surface area contributed by atoms with Crippen molar-refractivity contribution in [3.05, 3.63) is 35.9 Å². The summed E-state index contributed by atoms with van der Waals surface area (Å²) < 4.78 is 0. The van der Waals surface area contributed by atoms with Crippen molar-refractivity contribution < 1.29 is 0 Å². The van der Waals surface area contributed by atoms with E-state index in [4.69, 9.17) is 0 Å². The molecule has 1 aromatic rings. The van der Waals surface area contributed by atoms with Crippen molar-refractivity contribution in [3.63, 3.8) is 0 Å². The van der Waals surface area contributed by atoms with Crippen LogP contribution in [-0.2, 0) is 0 Å². The average Bonchev–Trinajstić information content (AvgIpc) is 2.42. The Labute approximate surface area is 113 Å². The van der Waals surface area contributed by atoms with Crippen LogP contribution in [0.3, 0.4) is 0 Å². The molecule has 0 saturated carbocycles. The molecule has 1 atom stereocenters. The lowest BCUT2D eigenvalue weighted by Gasteiger charge is -2.12. The maximum absolute atomic E-state index is 3.57. The predicted octanol–water partition coefficient (Wildman–Crippen LogP) is 4.74. The second kappa shape index (κ2) is 10.1. The van der Waals surface area contributed by atoms with Gasteiger partial charge in [-0.3, -0.25) is 0 Å². The summed E-state index contributed by atoms with van der Waals surface area (Å²) in [6.07, 6.45) is 8.27. The fourth-order valence-corrected chi connectivity index (χ4v) is 2.25. The zero-order chi connectivity index (χ0) is 13.1. The van der Waals surface area contributed by atoms with E-state index in [1.807, 2.05) is 0 Å². The van der Waals surface area contributed by atoms with Crippen molar-refractivity contribution in [2.75, 3.05) is 13.1 Å². The standard InChI is InChI=1S/C17H29N/c1-3-4-5-6-7-11-14-18-15-16(2)17-12-9-8-10-13-17/h8-10,12-13,16,18H,3-7,11,14-15H2,1-2H3/t16-/m0/s1. The van der Waals surface area contributed by atoms with Gasteiger partial charge in [0.1, 0.15) is 0 Å². The van der Waals surface area contributed by atoms with E-state index in [1.165, 1.54) is 50.6 Å². The largest absolute Gasteiger partial charge is 0.316 e. The molecule has 0 saturated heterocycles. The van der Waals surface area contributed by atoms with Crippen LogP contribution in [0, 0.1) is 0 Å². The number of hydrogen-bond donors (Lipinski definition) is 1. The van der Waals surface area contributed by atoms with E-state index in [9.17, 15) is 0 Å². The molecule has 1 rings (SSSR count). The molecule has 0 aromatic heterocycles. The first-order valence-electron chi connectivity index (χ1n) is 7.60. The summed E-state index contributed by atoms with van der Waals surface area (Å²) in [7, 11) is 0. The van der Waals surface area contributed by atoms with Crippen LogP contribution in [0.25, 0.3) is 0 Å². The molecule has 0 aliphatic heterocycles. The topological polar surface area (TPSA) is 12.0 Å². The normalized spacial score (nSPS) is 12.6. The third-order valence-corrected chi connectivity index (χ3v) is 3.53. The summed E-state index contributed by atoms with van der Waals surface area (Å²) in [5.74, 6) is 0.617. The molecular weight excluding hydrogens is 218 g/mol. The van der Waals surface area contributed by atoms with Crippen molar-refractivity contribution in [1.82, 2.24) is 5.32 Å². The summed E-state index contributed by atoms with van der Waals surface area (Å²) in [5, 5.41) is 3.57. The van der Waals surface area contributed by atoms with Crippen molar-refractivity contribution in [2.45, 2.75) is 58.3 Å². The van der Waals surface area contributed by atoms with Crippen LogP contribution >= 0.6 is 0 Å². The van der Waals surface area contributed by atoms with Crippen LogP contribution in [0.15, 0.2) is 30.3 Å². The predicted molar refractivity (Wildman–Crippen MR) is 81.1 cm³/mol. The molecule has 0 aliphatic carbocycles. The van der Waals surface area contributed by atoms with E-state index in [2.05, 4.69) is 49.5 Å². The maximum Gasteiger partial charge on any atom is 0.00174 e. The third kappa shape index (κ3) is 6.80. The second-order valence-corrected chi connectivity index (χ2v) is 5.28. The average molecular weight is 247 g/mol. The van der Waals surface area contributed by atoms with E-state index >= 15 is 0 Å². The van der Waals surface area contributed by atoms with Gasteiger partial charge in [-0.1, -0.05) is 76.3 Å². The Bertz CT molecular complexity index is 281. The lowest BCUT2D eigenvalue weighted by molar-refractivity contribution is 0.553. The van der Waals surface area contributed by atoms with Gasteiger partial charge in [-0.2, -0.15) is 0 Å². The quantitative estimate of drug-likeness (QED) is 0.589. The first-order valence-corrected chi connectivity index (χ1v) is 7.60. The number of nitrogens with one attached hydrogen (secondary N) is 1. The van der Waals surface area contributed by atoms with Gasteiger partial charge >= 0.3 is 0 Å². The van der Waals surface area contributed by atoms with Crippen LogP contribution < -0.4 is 5.32 Å². The van der Waals surface area contributed by atoms with Crippen LogP contribution in [-0.4, -0.2) is 13.1 Å². The zero-order valence-electron chi connectivity index (χ0n) is 12.1. The Morgan fingerprint density at radius 1 is 0.944 bits per heavy atom. The fraction of sp³-hybridized carbons (Fsp3) is 0.647. The summed E-state index contributed by atoms with van der Waals surface area (Å²) >= 11 is 0. The van der Waals surface area contributed by atoms with Gasteiger partial charge in [-0.25, -0.2) is 0 Å².